The van der Waals surface area contributed by atoms with E-state index in [2.05, 4.69) is 5.32 Å². The number of halogens is 1. The zero-order chi connectivity index (χ0) is 22.8. The van der Waals surface area contributed by atoms with E-state index in [0.717, 1.165) is 42.6 Å². The maximum atomic E-state index is 13.4. The Balaban J connectivity index is 1.69. The van der Waals surface area contributed by atoms with Crippen LogP contribution >= 0.6 is 11.8 Å². The third kappa shape index (κ3) is 7.37. The summed E-state index contributed by atoms with van der Waals surface area (Å²) in [5.74, 6) is 0.571. The summed E-state index contributed by atoms with van der Waals surface area (Å²) >= 11 is 1.55. The lowest BCUT2D eigenvalue weighted by Gasteiger charge is -2.32. The Labute approximate surface area is 195 Å². The van der Waals surface area contributed by atoms with Crippen LogP contribution in [0.5, 0.6) is 0 Å². The summed E-state index contributed by atoms with van der Waals surface area (Å²) in [6.07, 6.45) is 6.03. The van der Waals surface area contributed by atoms with E-state index in [1.807, 2.05) is 37.3 Å². The molecule has 1 aliphatic carbocycles. The van der Waals surface area contributed by atoms with Gasteiger partial charge < -0.3 is 10.2 Å². The molecule has 0 aliphatic heterocycles. The van der Waals surface area contributed by atoms with Crippen molar-refractivity contribution in [1.29, 1.82) is 0 Å². The largest absolute Gasteiger partial charge is 0.352 e. The first kappa shape index (κ1) is 24.3. The van der Waals surface area contributed by atoms with Gasteiger partial charge in [0.05, 0.1) is 5.75 Å². The highest BCUT2D eigenvalue weighted by Gasteiger charge is 2.30. The van der Waals surface area contributed by atoms with E-state index >= 15 is 0 Å². The highest BCUT2D eigenvalue weighted by Crippen LogP contribution is 2.20. The van der Waals surface area contributed by atoms with Crippen LogP contribution in [0.3, 0.4) is 0 Å². The van der Waals surface area contributed by atoms with Crippen LogP contribution in [0.2, 0.25) is 0 Å². The fourth-order valence-corrected chi connectivity index (χ4v) is 5.03. The normalized spacial score (nSPS) is 15.2. The third-order valence-electron chi connectivity index (χ3n) is 5.94. The van der Waals surface area contributed by atoms with Crippen molar-refractivity contribution >= 4 is 23.6 Å². The minimum Gasteiger partial charge on any atom is -0.352 e. The number of carbonyl (C=O) groups excluding carboxylic acids is 2. The number of hydrogen-bond donors (Lipinski definition) is 1. The van der Waals surface area contributed by atoms with Crippen molar-refractivity contribution < 1.29 is 14.0 Å². The molecule has 3 rings (SSSR count). The molecule has 2 amide bonds. The van der Waals surface area contributed by atoms with Crippen LogP contribution in [0.4, 0.5) is 4.39 Å². The summed E-state index contributed by atoms with van der Waals surface area (Å²) in [7, 11) is 0. The van der Waals surface area contributed by atoms with Crippen molar-refractivity contribution in [3.05, 3.63) is 71.5 Å². The van der Waals surface area contributed by atoms with Crippen LogP contribution in [-0.4, -0.2) is 34.6 Å². The first-order chi connectivity index (χ1) is 15.6. The minimum absolute atomic E-state index is 0.0686. The highest BCUT2D eigenvalue weighted by molar-refractivity contribution is 7.99. The Morgan fingerprint density at radius 3 is 2.38 bits per heavy atom. The van der Waals surface area contributed by atoms with Gasteiger partial charge >= 0.3 is 0 Å². The summed E-state index contributed by atoms with van der Waals surface area (Å²) in [5.41, 5.74) is 1.98. The van der Waals surface area contributed by atoms with Gasteiger partial charge in [0.1, 0.15) is 11.9 Å². The van der Waals surface area contributed by atoms with Crippen LogP contribution < -0.4 is 5.32 Å². The second-order valence-electron chi connectivity index (χ2n) is 8.39. The van der Waals surface area contributed by atoms with Crippen LogP contribution in [0.15, 0.2) is 54.6 Å². The highest BCUT2D eigenvalue weighted by atomic mass is 32.2. The molecule has 0 spiro atoms. The molecule has 1 aliphatic rings. The molecule has 1 saturated carbocycles. The van der Waals surface area contributed by atoms with Crippen LogP contribution in [0.25, 0.3) is 0 Å². The Kier molecular flexibility index (Phi) is 9.60. The lowest BCUT2D eigenvalue weighted by molar-refractivity contribution is -0.139. The van der Waals surface area contributed by atoms with Gasteiger partial charge in [-0.1, -0.05) is 68.7 Å². The average molecular weight is 457 g/mol. The summed E-state index contributed by atoms with van der Waals surface area (Å²) < 4.78 is 13.4. The second kappa shape index (κ2) is 12.6. The van der Waals surface area contributed by atoms with E-state index in [-0.39, 0.29) is 23.7 Å². The summed E-state index contributed by atoms with van der Waals surface area (Å²) in [5, 5.41) is 3.18. The van der Waals surface area contributed by atoms with E-state index in [1.165, 1.54) is 18.6 Å². The Morgan fingerprint density at radius 1 is 1.03 bits per heavy atom. The van der Waals surface area contributed by atoms with Crippen LogP contribution in [0, 0.1) is 5.82 Å². The number of thioether (sulfide) groups is 1. The molecule has 0 radical (unpaired) electrons. The van der Waals surface area contributed by atoms with Crippen LogP contribution in [-0.2, 0) is 21.9 Å². The molecule has 2 aromatic carbocycles. The quantitative estimate of drug-likeness (QED) is 0.527. The first-order valence-corrected chi connectivity index (χ1v) is 12.7. The molecule has 1 fully saturated rings. The van der Waals surface area contributed by atoms with Crippen molar-refractivity contribution in [3.63, 3.8) is 0 Å². The molecular formula is C26H33FN2O2S. The molecule has 2 aromatic rings. The van der Waals surface area contributed by atoms with Gasteiger partial charge in [-0.15, -0.1) is 11.8 Å². The Bertz CT molecular complexity index is 854. The first-order valence-electron chi connectivity index (χ1n) is 11.5. The zero-order valence-electron chi connectivity index (χ0n) is 18.8. The van der Waals surface area contributed by atoms with Crippen molar-refractivity contribution in [2.24, 2.45) is 0 Å². The Morgan fingerprint density at radius 2 is 1.72 bits per heavy atom. The molecule has 1 atom stereocenters. The number of carbonyl (C=O) groups is 2. The topological polar surface area (TPSA) is 49.4 Å². The molecule has 0 saturated heterocycles. The lowest BCUT2D eigenvalue weighted by atomic mass is 9.95. The zero-order valence-corrected chi connectivity index (χ0v) is 19.6. The number of nitrogens with one attached hydrogen (secondary N) is 1. The fraction of sp³-hybridized carbons (Fsp3) is 0.462. The van der Waals surface area contributed by atoms with Crippen molar-refractivity contribution in [2.75, 3.05) is 5.75 Å². The molecule has 0 aromatic heterocycles. The minimum atomic E-state index is -0.535. The van der Waals surface area contributed by atoms with E-state index in [9.17, 15) is 14.0 Å². The van der Waals surface area contributed by atoms with E-state index in [1.54, 1.807) is 28.8 Å². The SMILES string of the molecule is CC[C@@H](C(=O)NC1CCCCC1)N(Cc1ccc(F)cc1)C(=O)CSCc1ccccc1. The molecule has 172 valence electrons. The standard InChI is InChI=1S/C26H33FN2O2S/c1-2-24(26(31)28-23-11-7-4-8-12-23)29(17-20-13-15-22(27)16-14-20)25(30)19-32-18-21-9-5-3-6-10-21/h3,5-6,9-10,13-16,23-24H,2,4,7-8,11-12,17-19H2,1H3,(H,28,31)/t24-/m0/s1. The van der Waals surface area contributed by atoms with Gasteiger partial charge in [-0.2, -0.15) is 0 Å². The van der Waals surface area contributed by atoms with Gasteiger partial charge in [0.25, 0.3) is 0 Å². The van der Waals surface area contributed by atoms with E-state index in [4.69, 9.17) is 0 Å². The molecule has 0 heterocycles. The molecule has 6 heteroatoms. The maximum Gasteiger partial charge on any atom is 0.243 e. The van der Waals surface area contributed by atoms with Gasteiger partial charge in [-0.25, -0.2) is 4.39 Å². The van der Waals surface area contributed by atoms with E-state index < -0.39 is 6.04 Å². The molecular weight excluding hydrogens is 423 g/mol. The number of rotatable bonds is 10. The number of benzene rings is 2. The number of amides is 2. The van der Waals surface area contributed by atoms with Gasteiger partial charge in [0.15, 0.2) is 0 Å². The average Bonchev–Trinajstić information content (AvgIpc) is 2.81. The lowest BCUT2D eigenvalue weighted by Crippen LogP contribution is -2.52. The predicted molar refractivity (Wildman–Crippen MR) is 129 cm³/mol. The van der Waals surface area contributed by atoms with E-state index in [0.29, 0.717) is 18.7 Å². The maximum absolute atomic E-state index is 13.4. The second-order valence-corrected chi connectivity index (χ2v) is 9.38. The predicted octanol–water partition coefficient (Wildman–Crippen LogP) is 5.32. The van der Waals surface area contributed by atoms with Gasteiger partial charge in [-0.05, 0) is 42.5 Å². The van der Waals surface area contributed by atoms with Crippen LogP contribution in [0.1, 0.15) is 56.6 Å². The molecule has 0 bridgehead atoms. The third-order valence-corrected chi connectivity index (χ3v) is 6.93. The number of nitrogens with zero attached hydrogens (tertiary/aromatic N) is 1. The summed E-state index contributed by atoms with van der Waals surface area (Å²) in [4.78, 5) is 28.1. The molecule has 4 nitrogen and oxygen atoms in total. The van der Waals surface area contributed by atoms with Crippen molar-refractivity contribution in [2.45, 2.75) is 69.8 Å². The van der Waals surface area contributed by atoms with Gasteiger partial charge in [0, 0.05) is 18.3 Å². The smallest absolute Gasteiger partial charge is 0.243 e. The summed E-state index contributed by atoms with van der Waals surface area (Å²) in [6, 6.07) is 15.8. The molecule has 32 heavy (non-hydrogen) atoms. The Hall–Kier alpha value is -2.34. The molecule has 0 unspecified atom stereocenters. The number of hydrogen-bond acceptors (Lipinski definition) is 3. The van der Waals surface area contributed by atoms with Crippen molar-refractivity contribution in [3.8, 4) is 0 Å². The van der Waals surface area contributed by atoms with Gasteiger partial charge in [0.2, 0.25) is 11.8 Å². The fourth-order valence-electron chi connectivity index (χ4n) is 4.16. The van der Waals surface area contributed by atoms with Crippen molar-refractivity contribution in [1.82, 2.24) is 10.2 Å². The summed E-state index contributed by atoms with van der Waals surface area (Å²) in [6.45, 7) is 2.23. The molecule has 1 N–H and O–H groups in total. The monoisotopic (exact) mass is 456 g/mol. The van der Waals surface area contributed by atoms with Gasteiger partial charge in [-0.3, -0.25) is 9.59 Å².